The molecule has 0 spiro atoms. The van der Waals surface area contributed by atoms with Crippen molar-refractivity contribution >= 4 is 11.0 Å². The maximum Gasteiger partial charge on any atom is 0.106 e. The zero-order valence-corrected chi connectivity index (χ0v) is 11.7. The van der Waals surface area contributed by atoms with Crippen molar-refractivity contribution in [3.05, 3.63) is 29.1 Å². The van der Waals surface area contributed by atoms with E-state index >= 15 is 0 Å². The zero-order chi connectivity index (χ0) is 13.0. The highest BCUT2D eigenvalue weighted by Crippen LogP contribution is 2.42. The topological polar surface area (TPSA) is 29.9 Å². The van der Waals surface area contributed by atoms with E-state index in [0.717, 1.165) is 25.5 Å². The van der Waals surface area contributed by atoms with Crippen molar-refractivity contribution in [1.29, 1.82) is 0 Å². The highest BCUT2D eigenvalue weighted by molar-refractivity contribution is 5.79. The summed E-state index contributed by atoms with van der Waals surface area (Å²) in [5, 5.41) is 3.62. The van der Waals surface area contributed by atoms with Crippen LogP contribution in [0.3, 0.4) is 0 Å². The molecule has 3 nitrogen and oxygen atoms in total. The summed E-state index contributed by atoms with van der Waals surface area (Å²) in [5.74, 6) is 2.55. The Kier molecular flexibility index (Phi) is 2.46. The summed E-state index contributed by atoms with van der Waals surface area (Å²) in [6, 6.07) is 4.80. The molecule has 5 rings (SSSR count). The highest BCUT2D eigenvalue weighted by atomic mass is 15.1. The fraction of sp³-hybridized carbons (Fsp3) is 0.562. The molecule has 0 radical (unpaired) electrons. The molecule has 1 fully saturated rings. The van der Waals surface area contributed by atoms with E-state index in [-0.39, 0.29) is 0 Å². The molecule has 1 aliphatic carbocycles. The first-order valence-electron chi connectivity index (χ1n) is 7.49. The normalized spacial score (nSPS) is 25.6. The minimum atomic E-state index is 0.699. The Bertz CT molecular complexity index is 637. The fourth-order valence-electron chi connectivity index (χ4n) is 4.00. The van der Waals surface area contributed by atoms with E-state index in [1.54, 1.807) is 11.1 Å². The van der Waals surface area contributed by atoms with E-state index < -0.39 is 0 Å². The molecule has 100 valence electrons. The maximum absolute atomic E-state index is 4.75. The molecule has 1 aromatic carbocycles. The number of rotatable bonds is 1. The lowest BCUT2D eigenvalue weighted by Crippen LogP contribution is -2.18. The molecule has 2 bridgehead atoms. The average Bonchev–Trinajstić information content (AvgIpc) is 2.60. The number of benzene rings is 1. The zero-order valence-electron chi connectivity index (χ0n) is 11.7. The van der Waals surface area contributed by atoms with Gasteiger partial charge in [0.25, 0.3) is 0 Å². The largest absolute Gasteiger partial charge is 0.328 e. The Labute approximate surface area is 114 Å². The van der Waals surface area contributed by atoms with Crippen molar-refractivity contribution in [2.24, 2.45) is 0 Å². The van der Waals surface area contributed by atoms with Crippen LogP contribution >= 0.6 is 0 Å². The number of imidazole rings is 1. The van der Waals surface area contributed by atoms with Crippen LogP contribution in [0.1, 0.15) is 48.6 Å². The van der Waals surface area contributed by atoms with E-state index in [9.17, 15) is 0 Å². The van der Waals surface area contributed by atoms with Crippen molar-refractivity contribution in [3.63, 3.8) is 0 Å². The molecule has 2 aliphatic heterocycles. The second-order valence-corrected chi connectivity index (χ2v) is 6.00. The second-order valence-electron chi connectivity index (χ2n) is 6.00. The predicted molar refractivity (Wildman–Crippen MR) is 77.7 cm³/mol. The minimum absolute atomic E-state index is 0.699. The van der Waals surface area contributed by atoms with Gasteiger partial charge in [0.05, 0.1) is 11.0 Å². The first-order chi connectivity index (χ1) is 9.28. The van der Waals surface area contributed by atoms with Crippen molar-refractivity contribution in [3.8, 4) is 0 Å². The van der Waals surface area contributed by atoms with Crippen LogP contribution in [0.5, 0.6) is 0 Å². The van der Waals surface area contributed by atoms with E-state index in [2.05, 4.69) is 35.9 Å². The predicted octanol–water partition coefficient (Wildman–Crippen LogP) is 2.93. The highest BCUT2D eigenvalue weighted by Gasteiger charge is 2.31. The molecule has 2 atom stereocenters. The molecule has 19 heavy (non-hydrogen) atoms. The minimum Gasteiger partial charge on any atom is -0.328 e. The van der Waals surface area contributed by atoms with Crippen LogP contribution in [-0.2, 0) is 6.54 Å². The van der Waals surface area contributed by atoms with Crippen molar-refractivity contribution in [2.45, 2.75) is 45.1 Å². The van der Waals surface area contributed by atoms with Gasteiger partial charge in [-0.15, -0.1) is 0 Å². The second kappa shape index (κ2) is 4.07. The molecule has 1 saturated heterocycles. The number of aromatic nitrogens is 2. The summed E-state index contributed by atoms with van der Waals surface area (Å²) in [5.41, 5.74) is 5.66. The Morgan fingerprint density at radius 2 is 1.89 bits per heavy atom. The Balaban J connectivity index is 1.99. The van der Waals surface area contributed by atoms with Gasteiger partial charge >= 0.3 is 0 Å². The monoisotopic (exact) mass is 255 g/mol. The summed E-state index contributed by atoms with van der Waals surface area (Å²) in [6.45, 7) is 7.61. The van der Waals surface area contributed by atoms with Crippen molar-refractivity contribution < 1.29 is 0 Å². The lowest BCUT2D eigenvalue weighted by Gasteiger charge is -2.26. The lowest BCUT2D eigenvalue weighted by molar-refractivity contribution is 0.550. The molecular weight excluding hydrogens is 234 g/mol. The molecule has 0 amide bonds. The van der Waals surface area contributed by atoms with Gasteiger partial charge in [0.15, 0.2) is 0 Å². The Morgan fingerprint density at radius 1 is 1.21 bits per heavy atom. The van der Waals surface area contributed by atoms with Gasteiger partial charge in [0, 0.05) is 19.6 Å². The summed E-state index contributed by atoms with van der Waals surface area (Å²) in [4.78, 5) is 4.75. The van der Waals surface area contributed by atoms with E-state index in [1.165, 1.54) is 23.9 Å². The average molecular weight is 255 g/mol. The fourth-order valence-corrected chi connectivity index (χ4v) is 4.00. The van der Waals surface area contributed by atoms with Gasteiger partial charge in [0.2, 0.25) is 0 Å². The van der Waals surface area contributed by atoms with Crippen molar-refractivity contribution in [1.82, 2.24) is 14.9 Å². The lowest BCUT2D eigenvalue weighted by atomic mass is 9.78. The third kappa shape index (κ3) is 1.57. The van der Waals surface area contributed by atoms with Gasteiger partial charge in [0.1, 0.15) is 5.82 Å². The standard InChI is InChI=1S/C16H21N3/c1-3-19-10(2)18-15-6-13-11-4-5-12(9-17-8-11)14(13)7-16(15)19/h6-7,11-12,17H,3-5,8-9H2,1-2H3. The van der Waals surface area contributed by atoms with E-state index in [4.69, 9.17) is 4.98 Å². The van der Waals surface area contributed by atoms with Gasteiger partial charge in [-0.25, -0.2) is 4.98 Å². The molecule has 3 heteroatoms. The molecule has 2 unspecified atom stereocenters. The van der Waals surface area contributed by atoms with Crippen LogP contribution < -0.4 is 5.32 Å². The summed E-state index contributed by atoms with van der Waals surface area (Å²) in [7, 11) is 0. The van der Waals surface area contributed by atoms with Crippen LogP contribution in [0.4, 0.5) is 0 Å². The molecule has 0 saturated carbocycles. The third-order valence-corrected chi connectivity index (χ3v) is 4.98. The van der Waals surface area contributed by atoms with Gasteiger partial charge in [-0.2, -0.15) is 0 Å². The van der Waals surface area contributed by atoms with Crippen LogP contribution in [0, 0.1) is 6.92 Å². The van der Waals surface area contributed by atoms with Gasteiger partial charge in [-0.1, -0.05) is 0 Å². The van der Waals surface area contributed by atoms with Gasteiger partial charge in [-0.3, -0.25) is 0 Å². The van der Waals surface area contributed by atoms with Crippen LogP contribution in [0.25, 0.3) is 11.0 Å². The third-order valence-electron chi connectivity index (χ3n) is 4.98. The molecule has 1 aromatic heterocycles. The van der Waals surface area contributed by atoms with Gasteiger partial charge < -0.3 is 9.88 Å². The number of nitrogens with one attached hydrogen (secondary N) is 1. The number of aryl methyl sites for hydroxylation is 2. The number of hydrogen-bond acceptors (Lipinski definition) is 2. The van der Waals surface area contributed by atoms with E-state index in [0.29, 0.717) is 11.8 Å². The summed E-state index contributed by atoms with van der Waals surface area (Å²) < 4.78 is 2.33. The first kappa shape index (κ1) is 11.5. The smallest absolute Gasteiger partial charge is 0.106 e. The number of hydrogen-bond donors (Lipinski definition) is 1. The quantitative estimate of drug-likeness (QED) is 0.849. The molecule has 1 N–H and O–H groups in total. The van der Waals surface area contributed by atoms with Crippen LogP contribution in [-0.4, -0.2) is 22.6 Å². The van der Waals surface area contributed by atoms with Crippen molar-refractivity contribution in [2.75, 3.05) is 13.1 Å². The Morgan fingerprint density at radius 3 is 2.58 bits per heavy atom. The molecule has 3 heterocycles. The molecule has 3 aliphatic rings. The number of nitrogens with zero attached hydrogens (tertiary/aromatic N) is 2. The van der Waals surface area contributed by atoms with Crippen LogP contribution in [0.2, 0.25) is 0 Å². The maximum atomic E-state index is 4.75. The summed E-state index contributed by atoms with van der Waals surface area (Å²) >= 11 is 0. The SMILES string of the molecule is CCn1c(C)nc2cc3c(cc21)C1CCC3CNC1. The molecule has 2 aromatic rings. The van der Waals surface area contributed by atoms with Gasteiger partial charge in [-0.05, 0) is 61.8 Å². The summed E-state index contributed by atoms with van der Waals surface area (Å²) in [6.07, 6.45) is 2.68. The van der Waals surface area contributed by atoms with E-state index in [1.807, 2.05) is 0 Å². The number of fused-ring (bicyclic) bond motifs is 4. The Hall–Kier alpha value is -1.35. The molecular formula is C16H21N3. The first-order valence-corrected chi connectivity index (χ1v) is 7.49. The van der Waals surface area contributed by atoms with Crippen LogP contribution in [0.15, 0.2) is 12.1 Å².